The molecule has 39 heavy (non-hydrogen) atoms. The van der Waals surface area contributed by atoms with Crippen LogP contribution in [0.3, 0.4) is 0 Å². The topological polar surface area (TPSA) is 68.2 Å². The minimum absolute atomic E-state index is 0.0669. The summed E-state index contributed by atoms with van der Waals surface area (Å²) in [6.45, 7) is 2.24. The monoisotopic (exact) mass is 568 g/mol. The van der Waals surface area contributed by atoms with Gasteiger partial charge in [-0.15, -0.1) is 0 Å². The molecule has 1 spiro atoms. The molecule has 0 saturated heterocycles. The van der Waals surface area contributed by atoms with E-state index in [2.05, 4.69) is 33.5 Å². The van der Waals surface area contributed by atoms with Gasteiger partial charge in [-0.3, -0.25) is 9.00 Å². The predicted octanol–water partition coefficient (Wildman–Crippen LogP) is 6.01. The van der Waals surface area contributed by atoms with Crippen LogP contribution >= 0.6 is 11.6 Å². The number of anilines is 1. The molecule has 2 bridgehead atoms. The van der Waals surface area contributed by atoms with Crippen LogP contribution in [0.25, 0.3) is 0 Å². The number of ether oxygens (including phenoxy) is 2. The summed E-state index contributed by atoms with van der Waals surface area (Å²) in [7, 11) is -0.148. The molecule has 1 fully saturated rings. The molecule has 5 atom stereocenters. The molecule has 2 heterocycles. The van der Waals surface area contributed by atoms with Gasteiger partial charge in [0, 0.05) is 52.5 Å². The van der Waals surface area contributed by atoms with Crippen molar-refractivity contribution in [1.29, 1.82) is 0 Å². The van der Waals surface area contributed by atoms with Crippen molar-refractivity contribution in [2.75, 3.05) is 37.5 Å². The molecule has 0 aromatic heterocycles. The number of carbonyl (C=O) groups is 1. The van der Waals surface area contributed by atoms with E-state index in [1.807, 2.05) is 18.2 Å². The summed E-state index contributed by atoms with van der Waals surface area (Å²) >= 11 is 6.40. The lowest BCUT2D eigenvalue weighted by Crippen LogP contribution is -2.49. The number of nitrogens with zero attached hydrogens (tertiary/aromatic N) is 2. The first-order chi connectivity index (χ1) is 19.0. The van der Waals surface area contributed by atoms with Crippen LogP contribution in [-0.2, 0) is 27.2 Å². The largest absolute Gasteiger partial charge is 0.490 e. The molecule has 6 nitrogen and oxygen atoms in total. The van der Waals surface area contributed by atoms with Crippen LogP contribution in [0.15, 0.2) is 52.9 Å². The third-order valence-electron chi connectivity index (χ3n) is 9.16. The molecule has 1 saturated carbocycles. The molecule has 2 aromatic rings. The summed E-state index contributed by atoms with van der Waals surface area (Å²) < 4.78 is 29.1. The van der Waals surface area contributed by atoms with Crippen LogP contribution in [0.2, 0.25) is 5.02 Å². The lowest BCUT2D eigenvalue weighted by Gasteiger charge is -2.46. The number of rotatable bonds is 1. The average molecular weight is 569 g/mol. The Morgan fingerprint density at radius 1 is 1.18 bits per heavy atom. The third kappa shape index (κ3) is 5.38. The summed E-state index contributed by atoms with van der Waals surface area (Å²) in [6.07, 6.45) is 11.3. The second-order valence-electron chi connectivity index (χ2n) is 11.5. The normalized spacial score (nSPS) is 32.1. The van der Waals surface area contributed by atoms with Crippen LogP contribution in [-0.4, -0.2) is 48.8 Å². The number of hydrogen-bond acceptors (Lipinski definition) is 5. The second-order valence-corrected chi connectivity index (χ2v) is 13.3. The molecular weight excluding hydrogens is 532 g/mol. The van der Waals surface area contributed by atoms with Crippen molar-refractivity contribution in [3.63, 3.8) is 0 Å². The average Bonchev–Trinajstić information content (AvgIpc) is 3.06. The molecule has 6 rings (SSSR count). The van der Waals surface area contributed by atoms with Gasteiger partial charge in [-0.05, 0) is 98.2 Å². The predicted molar refractivity (Wildman–Crippen MR) is 157 cm³/mol. The fraction of sp³-hybridized carbons (Fsp3) is 0.516. The smallest absolute Gasteiger partial charge is 0.284 e. The van der Waals surface area contributed by atoms with E-state index in [0.29, 0.717) is 29.8 Å². The van der Waals surface area contributed by atoms with E-state index in [4.69, 9.17) is 21.1 Å². The Balaban J connectivity index is 1.43. The lowest BCUT2D eigenvalue weighted by molar-refractivity contribution is 0.0132. The summed E-state index contributed by atoms with van der Waals surface area (Å²) in [5.74, 6) is 1.69. The van der Waals surface area contributed by atoms with Crippen molar-refractivity contribution in [1.82, 2.24) is 0 Å². The van der Waals surface area contributed by atoms with Gasteiger partial charge in [-0.25, -0.2) is 0 Å². The van der Waals surface area contributed by atoms with E-state index >= 15 is 0 Å². The van der Waals surface area contributed by atoms with Crippen LogP contribution in [0.4, 0.5) is 5.69 Å². The molecule has 2 aliphatic carbocycles. The Morgan fingerprint density at radius 3 is 2.90 bits per heavy atom. The molecule has 0 N–H and O–H groups in total. The van der Waals surface area contributed by atoms with Crippen LogP contribution in [0, 0.1) is 11.8 Å². The molecule has 208 valence electrons. The van der Waals surface area contributed by atoms with Crippen molar-refractivity contribution in [2.24, 2.45) is 16.2 Å². The van der Waals surface area contributed by atoms with Crippen LogP contribution in [0.1, 0.15) is 60.0 Å². The van der Waals surface area contributed by atoms with E-state index in [1.54, 1.807) is 13.2 Å². The molecule has 1 unspecified atom stereocenters. The molecule has 1 amide bonds. The fourth-order valence-corrected chi connectivity index (χ4v) is 8.03. The number of amides is 1. The molecule has 0 radical (unpaired) electrons. The van der Waals surface area contributed by atoms with E-state index in [0.717, 1.165) is 74.5 Å². The second kappa shape index (κ2) is 11.3. The number of methoxy groups -OCH3 is 1. The van der Waals surface area contributed by atoms with Crippen molar-refractivity contribution in [3.05, 3.63) is 70.3 Å². The minimum atomic E-state index is -1.94. The van der Waals surface area contributed by atoms with Gasteiger partial charge in [0.1, 0.15) is 5.75 Å². The van der Waals surface area contributed by atoms with Crippen molar-refractivity contribution in [3.8, 4) is 5.75 Å². The van der Waals surface area contributed by atoms with Crippen molar-refractivity contribution in [2.45, 2.75) is 56.5 Å². The highest BCUT2D eigenvalue weighted by atomic mass is 35.5. The zero-order chi connectivity index (χ0) is 27.0. The number of hydrogen-bond donors (Lipinski definition) is 1. The van der Waals surface area contributed by atoms with E-state index < -0.39 is 16.5 Å². The van der Waals surface area contributed by atoms with E-state index in [1.165, 1.54) is 11.1 Å². The molecule has 2 aliphatic heterocycles. The number of thiol groups is 1. The summed E-state index contributed by atoms with van der Waals surface area (Å²) in [4.78, 5) is 15.5. The number of aryl methyl sites for hydroxylation is 1. The standard InChI is InChI=1S/C31H37ClN2O4S/c1-37-28-7-3-2-4-15-39(36)33-30(35)22-9-13-29-27(17-22)34(18-23-8-11-25(23)28)19-31(20-38-29)14-5-6-21-16-24(32)10-12-26(21)31/h3,7,9-10,12-13,16-17,23,25,28,39H,2,4-6,8,11,14-15,18-20H2,1H3/b7-3+/t23-,25+,28-,31-/m0/s1. The van der Waals surface area contributed by atoms with Gasteiger partial charge in [0.2, 0.25) is 0 Å². The minimum Gasteiger partial charge on any atom is -0.490 e. The maximum Gasteiger partial charge on any atom is 0.284 e. The van der Waals surface area contributed by atoms with E-state index in [9.17, 15) is 9.00 Å². The summed E-state index contributed by atoms with van der Waals surface area (Å²) in [5, 5.41) is 0.773. The number of fused-ring (bicyclic) bond motifs is 4. The van der Waals surface area contributed by atoms with Gasteiger partial charge in [0.25, 0.3) is 5.91 Å². The van der Waals surface area contributed by atoms with Crippen molar-refractivity contribution < 1.29 is 18.5 Å². The van der Waals surface area contributed by atoms with E-state index in [-0.39, 0.29) is 11.5 Å². The number of halogens is 1. The van der Waals surface area contributed by atoms with Gasteiger partial charge in [0.05, 0.1) is 18.4 Å². The van der Waals surface area contributed by atoms with Crippen LogP contribution < -0.4 is 9.64 Å². The first kappa shape index (κ1) is 26.9. The van der Waals surface area contributed by atoms with Gasteiger partial charge >= 0.3 is 0 Å². The Hall–Kier alpha value is -2.35. The molecule has 8 heteroatoms. The lowest BCUT2D eigenvalue weighted by atomic mass is 9.68. The van der Waals surface area contributed by atoms with Crippen LogP contribution in [0.5, 0.6) is 5.75 Å². The van der Waals surface area contributed by atoms with Gasteiger partial charge in [0.15, 0.2) is 0 Å². The number of benzene rings is 2. The maximum absolute atomic E-state index is 13.0. The highest BCUT2D eigenvalue weighted by Crippen LogP contribution is 2.47. The first-order valence-electron chi connectivity index (χ1n) is 14.2. The summed E-state index contributed by atoms with van der Waals surface area (Å²) in [6, 6.07) is 11.9. The van der Waals surface area contributed by atoms with Crippen molar-refractivity contribution >= 4 is 33.8 Å². The Kier molecular flexibility index (Phi) is 7.75. The molecular formula is C31H37ClN2O4S. The third-order valence-corrected chi connectivity index (χ3v) is 10.5. The van der Waals surface area contributed by atoms with Gasteiger partial charge in [-0.2, -0.15) is 4.36 Å². The number of allylic oxidation sites excluding steroid dienone is 1. The maximum atomic E-state index is 13.0. The highest BCUT2D eigenvalue weighted by molar-refractivity contribution is 7.75. The first-order valence-corrected chi connectivity index (χ1v) is 15.9. The Bertz CT molecular complexity index is 1370. The summed E-state index contributed by atoms with van der Waals surface area (Å²) in [5.41, 5.74) is 3.85. The van der Waals surface area contributed by atoms with Gasteiger partial charge < -0.3 is 14.4 Å². The Labute approximate surface area is 237 Å². The zero-order valence-corrected chi connectivity index (χ0v) is 24.1. The fourth-order valence-electron chi connectivity index (χ4n) is 6.96. The SMILES string of the molecule is CO[C@H]1/C=C/CCC/[SH](=O)=N\C(=O)c2ccc3c(c2)N(C[C@@H]2CC[C@H]21)C[C@@]1(CCCc2cc(Cl)ccc21)CO3. The quantitative estimate of drug-likeness (QED) is 0.337. The highest BCUT2D eigenvalue weighted by Gasteiger charge is 2.44. The van der Waals surface area contributed by atoms with Gasteiger partial charge in [-0.1, -0.05) is 29.8 Å². The molecule has 4 aliphatic rings. The zero-order valence-electron chi connectivity index (χ0n) is 22.5. The molecule has 2 aromatic carbocycles. The number of carbonyl (C=O) groups excluding carboxylic acids is 1. The Morgan fingerprint density at radius 2 is 2.08 bits per heavy atom.